The molecule has 0 radical (unpaired) electrons. The molecular formula is C15H17NO2. The van der Waals surface area contributed by atoms with Crippen molar-refractivity contribution in [3.63, 3.8) is 0 Å². The number of allylic oxidation sites excluding steroid dienone is 1. The predicted molar refractivity (Wildman–Crippen MR) is 72.4 cm³/mol. The molecule has 1 heterocycles. The zero-order chi connectivity index (χ0) is 13.0. The molecule has 0 spiro atoms. The summed E-state index contributed by atoms with van der Waals surface area (Å²) < 4.78 is 7.02. The van der Waals surface area contributed by atoms with Crippen LogP contribution in [-0.4, -0.2) is 17.1 Å². The minimum absolute atomic E-state index is 0.286. The number of aromatic nitrogens is 1. The third-order valence-corrected chi connectivity index (χ3v) is 2.85. The van der Waals surface area contributed by atoms with Gasteiger partial charge in [-0.3, -0.25) is 0 Å². The second kappa shape index (κ2) is 5.54. The highest BCUT2D eigenvalue weighted by atomic mass is 16.5. The lowest BCUT2D eigenvalue weighted by molar-refractivity contribution is -0.137. The Bertz CT molecular complexity index is 581. The topological polar surface area (TPSA) is 31.2 Å². The number of fused-ring (bicyclic) bond motifs is 1. The average Bonchev–Trinajstić information content (AvgIpc) is 2.66. The van der Waals surface area contributed by atoms with E-state index in [1.54, 1.807) is 6.92 Å². The molecule has 0 unspecified atom stereocenters. The van der Waals surface area contributed by atoms with E-state index in [-0.39, 0.29) is 5.97 Å². The van der Waals surface area contributed by atoms with Gasteiger partial charge >= 0.3 is 5.97 Å². The summed E-state index contributed by atoms with van der Waals surface area (Å²) in [5.74, 6) is -0.286. The minimum atomic E-state index is -0.286. The maximum atomic E-state index is 11.2. The Morgan fingerprint density at radius 3 is 2.94 bits per heavy atom. The molecule has 2 rings (SSSR count). The summed E-state index contributed by atoms with van der Waals surface area (Å²) in [5, 5.41) is 1.22. The lowest BCUT2D eigenvalue weighted by Crippen LogP contribution is -2.01. The van der Waals surface area contributed by atoms with Crippen LogP contribution in [0.4, 0.5) is 0 Å². The van der Waals surface area contributed by atoms with E-state index >= 15 is 0 Å². The van der Waals surface area contributed by atoms with Crippen molar-refractivity contribution in [2.24, 2.45) is 0 Å². The second-order valence-electron chi connectivity index (χ2n) is 4.11. The average molecular weight is 243 g/mol. The summed E-state index contributed by atoms with van der Waals surface area (Å²) >= 11 is 0. The Morgan fingerprint density at radius 2 is 2.17 bits per heavy atom. The van der Waals surface area contributed by atoms with Crippen LogP contribution >= 0.6 is 0 Å². The van der Waals surface area contributed by atoms with Crippen LogP contribution < -0.4 is 0 Å². The molecule has 1 aromatic carbocycles. The van der Waals surface area contributed by atoms with Crippen molar-refractivity contribution in [1.29, 1.82) is 0 Å². The summed E-state index contributed by atoms with van der Waals surface area (Å²) in [4.78, 5) is 11.2. The Morgan fingerprint density at radius 1 is 1.39 bits per heavy atom. The first-order chi connectivity index (χ1) is 8.72. The fourth-order valence-corrected chi connectivity index (χ4v) is 2.04. The first kappa shape index (κ1) is 12.4. The number of nitrogens with zero attached hydrogens (tertiary/aromatic N) is 1. The highest BCUT2D eigenvalue weighted by molar-refractivity contribution is 5.82. The third-order valence-electron chi connectivity index (χ3n) is 2.85. The van der Waals surface area contributed by atoms with E-state index in [1.165, 1.54) is 22.7 Å². The van der Waals surface area contributed by atoms with Gasteiger partial charge in [-0.1, -0.05) is 24.3 Å². The van der Waals surface area contributed by atoms with Gasteiger partial charge in [-0.15, -0.1) is 0 Å². The van der Waals surface area contributed by atoms with Crippen molar-refractivity contribution in [1.82, 2.24) is 4.57 Å². The maximum absolute atomic E-state index is 11.2. The number of para-hydroxylation sites is 1. The highest BCUT2D eigenvalue weighted by Crippen LogP contribution is 2.18. The number of benzene rings is 1. The van der Waals surface area contributed by atoms with Gasteiger partial charge < -0.3 is 9.30 Å². The quantitative estimate of drug-likeness (QED) is 0.610. The lowest BCUT2D eigenvalue weighted by atomic mass is 10.2. The van der Waals surface area contributed by atoms with E-state index in [0.29, 0.717) is 13.2 Å². The van der Waals surface area contributed by atoms with Gasteiger partial charge in [0.2, 0.25) is 0 Å². The van der Waals surface area contributed by atoms with Crippen molar-refractivity contribution in [2.75, 3.05) is 6.61 Å². The zero-order valence-corrected chi connectivity index (χ0v) is 10.7. The second-order valence-corrected chi connectivity index (χ2v) is 4.11. The van der Waals surface area contributed by atoms with E-state index in [4.69, 9.17) is 4.74 Å². The smallest absolute Gasteiger partial charge is 0.330 e. The summed E-state index contributed by atoms with van der Waals surface area (Å²) in [5.41, 5.74) is 2.37. The molecule has 3 nitrogen and oxygen atoms in total. The fourth-order valence-electron chi connectivity index (χ4n) is 2.04. The fraction of sp³-hybridized carbons (Fsp3) is 0.267. The molecule has 94 valence electrons. The Labute approximate surface area is 107 Å². The molecule has 18 heavy (non-hydrogen) atoms. The number of aryl methyl sites for hydroxylation is 1. The Balaban J connectivity index is 2.17. The van der Waals surface area contributed by atoms with Crippen LogP contribution in [-0.2, 0) is 16.1 Å². The third kappa shape index (κ3) is 2.62. The normalized spacial score (nSPS) is 11.2. The number of hydrogen-bond acceptors (Lipinski definition) is 2. The Kier molecular flexibility index (Phi) is 3.82. The molecule has 0 atom stereocenters. The molecule has 1 aromatic heterocycles. The molecule has 0 N–H and O–H groups in total. The van der Waals surface area contributed by atoms with E-state index in [2.05, 4.69) is 29.7 Å². The minimum Gasteiger partial charge on any atom is -0.463 e. The van der Waals surface area contributed by atoms with Crippen molar-refractivity contribution in [3.05, 3.63) is 48.2 Å². The number of rotatable bonds is 4. The zero-order valence-electron chi connectivity index (χ0n) is 10.7. The number of hydrogen-bond donors (Lipinski definition) is 0. The van der Waals surface area contributed by atoms with Crippen LogP contribution in [0.25, 0.3) is 10.9 Å². The van der Waals surface area contributed by atoms with Crippen LogP contribution in [0.3, 0.4) is 0 Å². The number of carbonyl (C=O) groups excluding carboxylic acids is 1. The molecule has 0 aliphatic carbocycles. The molecule has 3 heteroatoms. The van der Waals surface area contributed by atoms with E-state index < -0.39 is 0 Å². The molecule has 0 bridgehead atoms. The first-order valence-corrected chi connectivity index (χ1v) is 6.10. The van der Waals surface area contributed by atoms with E-state index in [0.717, 1.165) is 0 Å². The lowest BCUT2D eigenvalue weighted by Gasteiger charge is -2.04. The van der Waals surface area contributed by atoms with Crippen LogP contribution in [0.15, 0.2) is 42.5 Å². The van der Waals surface area contributed by atoms with Crippen molar-refractivity contribution >= 4 is 16.9 Å². The molecule has 0 saturated carbocycles. The van der Waals surface area contributed by atoms with Gasteiger partial charge in [0.05, 0.1) is 6.61 Å². The van der Waals surface area contributed by atoms with Gasteiger partial charge in [0, 0.05) is 23.8 Å². The van der Waals surface area contributed by atoms with Gasteiger partial charge in [-0.2, -0.15) is 0 Å². The summed E-state index contributed by atoms with van der Waals surface area (Å²) in [7, 11) is 0. The van der Waals surface area contributed by atoms with Crippen molar-refractivity contribution in [2.45, 2.75) is 20.4 Å². The van der Waals surface area contributed by atoms with Gasteiger partial charge in [0.15, 0.2) is 0 Å². The molecule has 0 amide bonds. The predicted octanol–water partition coefficient (Wildman–Crippen LogP) is 3.07. The molecule has 0 fully saturated rings. The summed E-state index contributed by atoms with van der Waals surface area (Å²) in [6.45, 7) is 4.96. The maximum Gasteiger partial charge on any atom is 0.330 e. The van der Waals surface area contributed by atoms with Gasteiger partial charge in [-0.05, 0) is 31.4 Å². The standard InChI is InChI=1S/C15H17NO2/c1-3-18-15(17)9-6-10-16-12(2)11-13-7-4-5-8-14(13)16/h4-9,11H,3,10H2,1-2H3/b9-6+. The molecule has 0 aliphatic rings. The largest absolute Gasteiger partial charge is 0.463 e. The van der Waals surface area contributed by atoms with Crippen LogP contribution in [0.1, 0.15) is 12.6 Å². The van der Waals surface area contributed by atoms with Gasteiger partial charge in [0.25, 0.3) is 0 Å². The van der Waals surface area contributed by atoms with Crippen LogP contribution in [0, 0.1) is 6.92 Å². The van der Waals surface area contributed by atoms with E-state index in [1.807, 2.05) is 18.2 Å². The molecular weight excluding hydrogens is 226 g/mol. The van der Waals surface area contributed by atoms with Gasteiger partial charge in [0.1, 0.15) is 0 Å². The van der Waals surface area contributed by atoms with Gasteiger partial charge in [-0.25, -0.2) is 4.79 Å². The number of esters is 1. The highest BCUT2D eigenvalue weighted by Gasteiger charge is 2.03. The molecule has 0 saturated heterocycles. The van der Waals surface area contributed by atoms with Crippen molar-refractivity contribution in [3.8, 4) is 0 Å². The number of carbonyl (C=O) groups is 1. The van der Waals surface area contributed by atoms with Crippen molar-refractivity contribution < 1.29 is 9.53 Å². The first-order valence-electron chi connectivity index (χ1n) is 6.10. The van der Waals surface area contributed by atoms with E-state index in [9.17, 15) is 4.79 Å². The molecule has 0 aliphatic heterocycles. The summed E-state index contributed by atoms with van der Waals surface area (Å²) in [6.07, 6.45) is 3.31. The Hall–Kier alpha value is -2.03. The van der Waals surface area contributed by atoms with Crippen LogP contribution in [0.5, 0.6) is 0 Å². The van der Waals surface area contributed by atoms with Crippen LogP contribution in [0.2, 0.25) is 0 Å². The monoisotopic (exact) mass is 243 g/mol. The summed E-state index contributed by atoms with van der Waals surface area (Å²) in [6, 6.07) is 10.4. The SMILES string of the molecule is CCOC(=O)/C=C/Cn1c(C)cc2ccccc21. The molecule has 2 aromatic rings. The number of ether oxygens (including phenoxy) is 1.